The maximum atomic E-state index is 10.6. The van der Waals surface area contributed by atoms with Gasteiger partial charge in [0.25, 0.3) is 0 Å². The quantitative estimate of drug-likeness (QED) is 0.822. The number of hydrogen-bond acceptors (Lipinski definition) is 3. The van der Waals surface area contributed by atoms with Crippen LogP contribution < -0.4 is 10.1 Å². The van der Waals surface area contributed by atoms with Gasteiger partial charge in [-0.15, -0.1) is 0 Å². The number of ether oxygens (including phenoxy) is 1. The maximum absolute atomic E-state index is 10.6. The second kappa shape index (κ2) is 6.47. The molecule has 0 radical (unpaired) electrons. The molecule has 0 aliphatic heterocycles. The van der Waals surface area contributed by atoms with Crippen LogP contribution in [0.4, 0.5) is 0 Å². The van der Waals surface area contributed by atoms with E-state index in [0.29, 0.717) is 17.2 Å². The van der Waals surface area contributed by atoms with E-state index in [9.17, 15) is 4.79 Å². The number of benzene rings is 1. The summed E-state index contributed by atoms with van der Waals surface area (Å²) in [6.07, 6.45) is 0.603. The number of carbonyl (C=O) groups is 1. The summed E-state index contributed by atoms with van der Waals surface area (Å²) in [5.41, 5.74) is 0.885. The molecule has 4 nitrogen and oxygen atoms in total. The van der Waals surface area contributed by atoms with Gasteiger partial charge >= 0.3 is 5.97 Å². The van der Waals surface area contributed by atoms with E-state index < -0.39 is 5.97 Å². The summed E-state index contributed by atoms with van der Waals surface area (Å²) < 4.78 is 5.06. The molecule has 1 rings (SSSR count). The number of aliphatic carboxylic acids is 1. The predicted octanol–water partition coefficient (Wildman–Crippen LogP) is 2.47. The fourth-order valence-electron chi connectivity index (χ4n) is 1.64. The summed E-state index contributed by atoms with van der Waals surface area (Å²) in [6.45, 7) is 0. The van der Waals surface area contributed by atoms with Crippen LogP contribution in [-0.4, -0.2) is 25.2 Å². The minimum absolute atomic E-state index is 0.0653. The molecule has 0 bridgehead atoms. The zero-order valence-corrected chi connectivity index (χ0v) is 10.6. The number of carboxylic acids is 1. The molecule has 0 spiro atoms. The van der Waals surface area contributed by atoms with Gasteiger partial charge in [-0.3, -0.25) is 4.79 Å². The Balaban J connectivity index is 2.84. The van der Waals surface area contributed by atoms with Crippen molar-refractivity contribution < 1.29 is 14.6 Å². The van der Waals surface area contributed by atoms with Crippen LogP contribution in [0.1, 0.15) is 24.4 Å². The van der Waals surface area contributed by atoms with E-state index in [4.69, 9.17) is 21.4 Å². The molecule has 1 unspecified atom stereocenters. The molecular formula is C12H16ClNO3. The van der Waals surface area contributed by atoms with Crippen molar-refractivity contribution >= 4 is 17.6 Å². The van der Waals surface area contributed by atoms with Gasteiger partial charge < -0.3 is 15.2 Å². The van der Waals surface area contributed by atoms with Crippen molar-refractivity contribution in [3.05, 3.63) is 28.8 Å². The highest BCUT2D eigenvalue weighted by atomic mass is 35.5. The second-order valence-corrected chi connectivity index (χ2v) is 4.07. The first-order valence-electron chi connectivity index (χ1n) is 5.31. The first kappa shape index (κ1) is 13.8. The third-order valence-electron chi connectivity index (χ3n) is 2.58. The zero-order chi connectivity index (χ0) is 12.8. The van der Waals surface area contributed by atoms with E-state index in [2.05, 4.69) is 5.32 Å². The van der Waals surface area contributed by atoms with Gasteiger partial charge in [0.1, 0.15) is 5.75 Å². The van der Waals surface area contributed by atoms with E-state index in [-0.39, 0.29) is 12.5 Å². The summed E-state index contributed by atoms with van der Waals surface area (Å²) in [5, 5.41) is 12.3. The van der Waals surface area contributed by atoms with Crippen molar-refractivity contribution in [2.75, 3.05) is 14.2 Å². The number of carboxylic acid groups (broad SMARTS) is 1. The Morgan fingerprint density at radius 2 is 2.29 bits per heavy atom. The van der Waals surface area contributed by atoms with Crippen LogP contribution in [0.2, 0.25) is 5.02 Å². The molecule has 1 atom stereocenters. The van der Waals surface area contributed by atoms with E-state index in [1.165, 1.54) is 0 Å². The van der Waals surface area contributed by atoms with Gasteiger partial charge in [-0.25, -0.2) is 0 Å². The van der Waals surface area contributed by atoms with E-state index >= 15 is 0 Å². The van der Waals surface area contributed by atoms with E-state index in [1.54, 1.807) is 20.2 Å². The lowest BCUT2D eigenvalue weighted by molar-refractivity contribution is -0.137. The molecule has 0 saturated heterocycles. The fourth-order valence-corrected chi connectivity index (χ4v) is 1.94. The minimum atomic E-state index is -0.810. The number of nitrogens with one attached hydrogen (secondary N) is 1. The molecule has 2 N–H and O–H groups in total. The van der Waals surface area contributed by atoms with Gasteiger partial charge in [-0.05, 0) is 31.2 Å². The lowest BCUT2D eigenvalue weighted by Crippen LogP contribution is -2.18. The lowest BCUT2D eigenvalue weighted by Gasteiger charge is -2.17. The average Bonchev–Trinajstić information content (AvgIpc) is 2.31. The van der Waals surface area contributed by atoms with Crippen LogP contribution in [0.15, 0.2) is 18.2 Å². The molecule has 0 heterocycles. The maximum Gasteiger partial charge on any atom is 0.303 e. The third-order valence-corrected chi connectivity index (χ3v) is 2.91. The fraction of sp³-hybridized carbons (Fsp3) is 0.417. The highest BCUT2D eigenvalue weighted by molar-refractivity contribution is 6.31. The minimum Gasteiger partial charge on any atom is -0.497 e. The van der Waals surface area contributed by atoms with Crippen molar-refractivity contribution in [1.82, 2.24) is 5.32 Å². The molecule has 1 aromatic rings. The highest BCUT2D eigenvalue weighted by Crippen LogP contribution is 2.29. The molecular weight excluding hydrogens is 242 g/mol. The Morgan fingerprint density at radius 3 is 2.76 bits per heavy atom. The Morgan fingerprint density at radius 1 is 1.59 bits per heavy atom. The Kier molecular flexibility index (Phi) is 5.25. The van der Waals surface area contributed by atoms with Crippen LogP contribution in [0.25, 0.3) is 0 Å². The van der Waals surface area contributed by atoms with Crippen LogP contribution in [0.3, 0.4) is 0 Å². The van der Waals surface area contributed by atoms with Gasteiger partial charge in [-0.2, -0.15) is 0 Å². The molecule has 5 heteroatoms. The third kappa shape index (κ3) is 3.91. The van der Waals surface area contributed by atoms with Gasteiger partial charge in [0.05, 0.1) is 7.11 Å². The number of halogens is 1. The van der Waals surface area contributed by atoms with Gasteiger partial charge in [0, 0.05) is 17.5 Å². The van der Waals surface area contributed by atoms with Crippen LogP contribution in [0.5, 0.6) is 5.75 Å². The molecule has 0 fully saturated rings. The van der Waals surface area contributed by atoms with Crippen molar-refractivity contribution in [3.63, 3.8) is 0 Å². The molecule has 17 heavy (non-hydrogen) atoms. The number of methoxy groups -OCH3 is 1. The SMILES string of the molecule is CNC(CCC(=O)O)c1ccc(OC)cc1Cl. The smallest absolute Gasteiger partial charge is 0.303 e. The van der Waals surface area contributed by atoms with E-state index in [1.807, 2.05) is 12.1 Å². The second-order valence-electron chi connectivity index (χ2n) is 3.66. The highest BCUT2D eigenvalue weighted by Gasteiger charge is 2.14. The monoisotopic (exact) mass is 257 g/mol. The molecule has 1 aromatic carbocycles. The van der Waals surface area contributed by atoms with Gasteiger partial charge in [0.15, 0.2) is 0 Å². The van der Waals surface area contributed by atoms with Gasteiger partial charge in [-0.1, -0.05) is 17.7 Å². The standard InChI is InChI=1S/C12H16ClNO3/c1-14-11(5-6-12(15)16)9-4-3-8(17-2)7-10(9)13/h3-4,7,11,14H,5-6H2,1-2H3,(H,15,16). The van der Waals surface area contributed by atoms with Crippen molar-refractivity contribution in [2.24, 2.45) is 0 Å². The zero-order valence-electron chi connectivity index (χ0n) is 9.87. The Labute approximate surface area is 106 Å². The molecule has 0 aliphatic rings. The van der Waals surface area contributed by atoms with Gasteiger partial charge in [0.2, 0.25) is 0 Å². The molecule has 94 valence electrons. The van der Waals surface area contributed by atoms with Crippen molar-refractivity contribution in [2.45, 2.75) is 18.9 Å². The first-order valence-corrected chi connectivity index (χ1v) is 5.68. The topological polar surface area (TPSA) is 58.6 Å². The number of hydrogen-bond donors (Lipinski definition) is 2. The van der Waals surface area contributed by atoms with Crippen molar-refractivity contribution in [3.8, 4) is 5.75 Å². The Bertz CT molecular complexity index is 395. The summed E-state index contributed by atoms with van der Waals surface area (Å²) >= 11 is 6.13. The van der Waals surface area contributed by atoms with E-state index in [0.717, 1.165) is 5.56 Å². The summed E-state index contributed by atoms with van der Waals surface area (Å²) in [7, 11) is 3.36. The number of rotatable bonds is 6. The first-order chi connectivity index (χ1) is 8.08. The molecule has 0 aliphatic carbocycles. The lowest BCUT2D eigenvalue weighted by atomic mass is 10.0. The summed E-state index contributed by atoms with van der Waals surface area (Å²) in [4.78, 5) is 10.6. The molecule has 0 saturated carbocycles. The van der Waals surface area contributed by atoms with Crippen molar-refractivity contribution in [1.29, 1.82) is 0 Å². The van der Waals surface area contributed by atoms with Crippen LogP contribution in [-0.2, 0) is 4.79 Å². The molecule has 0 aromatic heterocycles. The normalized spacial score (nSPS) is 12.2. The summed E-state index contributed by atoms with van der Waals surface area (Å²) in [6, 6.07) is 5.32. The largest absolute Gasteiger partial charge is 0.497 e. The summed E-state index contributed by atoms with van der Waals surface area (Å²) in [5.74, 6) is -0.123. The predicted molar refractivity (Wildman–Crippen MR) is 66.7 cm³/mol. The van der Waals surface area contributed by atoms with Crippen LogP contribution >= 0.6 is 11.6 Å². The molecule has 0 amide bonds. The average molecular weight is 258 g/mol. The Hall–Kier alpha value is -1.26. The van der Waals surface area contributed by atoms with Crippen LogP contribution in [0, 0.1) is 0 Å².